The van der Waals surface area contributed by atoms with E-state index in [9.17, 15) is 10.1 Å². The monoisotopic (exact) mass is 316 g/mol. The van der Waals surface area contributed by atoms with E-state index in [1.807, 2.05) is 0 Å². The normalized spacial score (nSPS) is 16.5. The van der Waals surface area contributed by atoms with Gasteiger partial charge in [0.05, 0.1) is 17.9 Å². The van der Waals surface area contributed by atoms with E-state index in [1.54, 1.807) is 32.2 Å². The third-order valence-electron chi connectivity index (χ3n) is 4.17. The van der Waals surface area contributed by atoms with Crippen LogP contribution in [-0.2, 0) is 9.53 Å². The minimum Gasteiger partial charge on any atom is -0.493 e. The van der Waals surface area contributed by atoms with Gasteiger partial charge < -0.3 is 14.8 Å². The Morgan fingerprint density at radius 3 is 2.70 bits per heavy atom. The van der Waals surface area contributed by atoms with Gasteiger partial charge in [0, 0.05) is 7.11 Å². The van der Waals surface area contributed by atoms with Crippen LogP contribution in [-0.4, -0.2) is 25.2 Å². The van der Waals surface area contributed by atoms with Crippen LogP contribution in [0.1, 0.15) is 39.2 Å². The van der Waals surface area contributed by atoms with Crippen LogP contribution >= 0.6 is 0 Å². The number of ether oxygens (including phenoxy) is 2. The highest BCUT2D eigenvalue weighted by atomic mass is 16.5. The van der Waals surface area contributed by atoms with Crippen LogP contribution in [0.2, 0.25) is 0 Å². The number of amides is 1. The van der Waals surface area contributed by atoms with E-state index in [4.69, 9.17) is 9.47 Å². The molecule has 5 heteroatoms. The van der Waals surface area contributed by atoms with Gasteiger partial charge in [-0.1, -0.05) is 13.8 Å². The summed E-state index contributed by atoms with van der Waals surface area (Å²) in [4.78, 5) is 12.5. The molecule has 1 aromatic carbocycles. The summed E-state index contributed by atoms with van der Waals surface area (Å²) in [5.74, 6) is 1.06. The molecule has 1 N–H and O–H groups in total. The number of carbonyl (C=O) groups excluding carboxylic acids is 1. The number of rotatable bonds is 7. The van der Waals surface area contributed by atoms with Crippen molar-refractivity contribution in [2.45, 2.75) is 39.2 Å². The Kier molecular flexibility index (Phi) is 5.27. The van der Waals surface area contributed by atoms with Gasteiger partial charge in [-0.2, -0.15) is 5.26 Å². The van der Waals surface area contributed by atoms with Gasteiger partial charge >= 0.3 is 0 Å². The zero-order valence-electron chi connectivity index (χ0n) is 14.2. The number of hydrogen-bond acceptors (Lipinski definition) is 4. The van der Waals surface area contributed by atoms with Crippen molar-refractivity contribution < 1.29 is 14.3 Å². The molecule has 0 aliphatic heterocycles. The molecular weight excluding hydrogens is 292 g/mol. The average molecular weight is 316 g/mol. The highest BCUT2D eigenvalue weighted by molar-refractivity contribution is 5.98. The number of carbonyl (C=O) groups is 1. The van der Waals surface area contributed by atoms with Gasteiger partial charge in [-0.05, 0) is 49.8 Å². The third kappa shape index (κ3) is 4.02. The number of nitriles is 1. The van der Waals surface area contributed by atoms with Crippen LogP contribution in [0.3, 0.4) is 0 Å². The maximum Gasteiger partial charge on any atom is 0.256 e. The summed E-state index contributed by atoms with van der Waals surface area (Å²) in [5.41, 5.74) is 0.0201. The van der Waals surface area contributed by atoms with Crippen LogP contribution in [0.15, 0.2) is 18.2 Å². The van der Waals surface area contributed by atoms with Crippen LogP contribution in [0.4, 0.5) is 5.69 Å². The molecule has 0 spiro atoms. The summed E-state index contributed by atoms with van der Waals surface area (Å²) in [7, 11) is 1.55. The Balaban J connectivity index is 2.13. The first-order valence-electron chi connectivity index (χ1n) is 7.94. The number of benzene rings is 1. The SMILES string of the molecule is COC(C)(C(=O)Nc1ccc(OCC(C)C)cc1C#N)C1CC1. The number of nitrogens with one attached hydrogen (secondary N) is 1. The largest absolute Gasteiger partial charge is 0.493 e. The van der Waals surface area contributed by atoms with Crippen molar-refractivity contribution in [1.29, 1.82) is 5.26 Å². The fourth-order valence-electron chi connectivity index (χ4n) is 2.40. The standard InChI is InChI=1S/C18H24N2O3/c1-12(2)11-23-15-7-8-16(13(9-15)10-19)20-17(21)18(3,22-4)14-5-6-14/h7-9,12,14H,5-6,11H2,1-4H3,(H,20,21). The molecule has 0 bridgehead atoms. The smallest absolute Gasteiger partial charge is 0.256 e. The van der Waals surface area contributed by atoms with Crippen molar-refractivity contribution in [2.75, 3.05) is 19.0 Å². The Labute approximate surface area is 137 Å². The number of nitrogens with zero attached hydrogens (tertiary/aromatic N) is 1. The van der Waals surface area contributed by atoms with E-state index < -0.39 is 5.60 Å². The Morgan fingerprint density at radius 2 is 2.17 bits per heavy atom. The molecule has 1 fully saturated rings. The first-order valence-corrected chi connectivity index (χ1v) is 7.94. The van der Waals surface area contributed by atoms with E-state index in [0.717, 1.165) is 12.8 Å². The Morgan fingerprint density at radius 1 is 1.48 bits per heavy atom. The zero-order valence-corrected chi connectivity index (χ0v) is 14.2. The predicted molar refractivity (Wildman–Crippen MR) is 88.3 cm³/mol. The number of hydrogen-bond donors (Lipinski definition) is 1. The van der Waals surface area contributed by atoms with Gasteiger partial charge in [0.1, 0.15) is 17.4 Å². The second-order valence-electron chi connectivity index (χ2n) is 6.56. The molecule has 124 valence electrons. The molecule has 1 saturated carbocycles. The minimum absolute atomic E-state index is 0.213. The zero-order chi connectivity index (χ0) is 17.0. The van der Waals surface area contributed by atoms with Gasteiger partial charge in [-0.25, -0.2) is 0 Å². The van der Waals surface area contributed by atoms with E-state index in [-0.39, 0.29) is 11.8 Å². The Bertz CT molecular complexity index is 617. The lowest BCUT2D eigenvalue weighted by Crippen LogP contribution is -2.44. The lowest BCUT2D eigenvalue weighted by molar-refractivity contribution is -0.138. The van der Waals surface area contributed by atoms with Crippen LogP contribution < -0.4 is 10.1 Å². The molecular formula is C18H24N2O3. The van der Waals surface area contributed by atoms with Crippen molar-refractivity contribution in [3.05, 3.63) is 23.8 Å². The van der Waals surface area contributed by atoms with Gasteiger partial charge in [0.15, 0.2) is 0 Å². The Hall–Kier alpha value is -2.06. The quantitative estimate of drug-likeness (QED) is 0.837. The predicted octanol–water partition coefficient (Wildman–Crippen LogP) is 3.35. The summed E-state index contributed by atoms with van der Waals surface area (Å²) < 4.78 is 11.1. The second kappa shape index (κ2) is 7.01. The molecule has 0 heterocycles. The lowest BCUT2D eigenvalue weighted by Gasteiger charge is -2.27. The highest BCUT2D eigenvalue weighted by Crippen LogP contribution is 2.42. The fourth-order valence-corrected chi connectivity index (χ4v) is 2.40. The van der Waals surface area contributed by atoms with Crippen molar-refractivity contribution in [3.63, 3.8) is 0 Å². The van der Waals surface area contributed by atoms with Crippen molar-refractivity contribution in [3.8, 4) is 11.8 Å². The molecule has 1 unspecified atom stereocenters. The maximum absolute atomic E-state index is 12.5. The first-order chi connectivity index (χ1) is 10.9. The molecule has 1 aliphatic rings. The van der Waals surface area contributed by atoms with E-state index in [0.29, 0.717) is 29.5 Å². The molecule has 0 radical (unpaired) electrons. The molecule has 0 aromatic heterocycles. The van der Waals surface area contributed by atoms with Crippen LogP contribution in [0, 0.1) is 23.2 Å². The van der Waals surface area contributed by atoms with Gasteiger partial charge in [0.25, 0.3) is 5.91 Å². The molecule has 1 aliphatic carbocycles. The molecule has 1 amide bonds. The summed E-state index contributed by atoms with van der Waals surface area (Å²) in [6.45, 7) is 6.50. The second-order valence-corrected chi connectivity index (χ2v) is 6.56. The van der Waals surface area contributed by atoms with E-state index in [1.165, 1.54) is 0 Å². The number of anilines is 1. The van der Waals surface area contributed by atoms with Gasteiger partial charge in [-0.3, -0.25) is 4.79 Å². The van der Waals surface area contributed by atoms with Gasteiger partial charge in [-0.15, -0.1) is 0 Å². The summed E-state index contributed by atoms with van der Waals surface area (Å²) >= 11 is 0. The van der Waals surface area contributed by atoms with Crippen molar-refractivity contribution in [2.24, 2.45) is 11.8 Å². The third-order valence-corrected chi connectivity index (χ3v) is 4.17. The molecule has 23 heavy (non-hydrogen) atoms. The summed E-state index contributed by atoms with van der Waals surface area (Å²) in [6, 6.07) is 7.23. The van der Waals surface area contributed by atoms with E-state index >= 15 is 0 Å². The van der Waals surface area contributed by atoms with Crippen molar-refractivity contribution >= 4 is 11.6 Å². The van der Waals surface area contributed by atoms with Gasteiger partial charge in [0.2, 0.25) is 0 Å². The first kappa shape index (κ1) is 17.3. The molecule has 5 nitrogen and oxygen atoms in total. The molecule has 2 rings (SSSR count). The summed E-state index contributed by atoms with van der Waals surface area (Å²) in [5, 5.41) is 12.2. The van der Waals surface area contributed by atoms with E-state index in [2.05, 4.69) is 25.2 Å². The van der Waals surface area contributed by atoms with Crippen LogP contribution in [0.25, 0.3) is 0 Å². The molecule has 0 saturated heterocycles. The fraction of sp³-hybridized carbons (Fsp3) is 0.556. The van der Waals surface area contributed by atoms with Crippen molar-refractivity contribution in [1.82, 2.24) is 0 Å². The molecule has 1 atom stereocenters. The highest BCUT2D eigenvalue weighted by Gasteiger charge is 2.47. The number of methoxy groups -OCH3 is 1. The van der Waals surface area contributed by atoms with Crippen LogP contribution in [0.5, 0.6) is 5.75 Å². The lowest BCUT2D eigenvalue weighted by atomic mass is 9.98. The average Bonchev–Trinajstić information content (AvgIpc) is 3.38. The maximum atomic E-state index is 12.5. The topological polar surface area (TPSA) is 71.3 Å². The summed E-state index contributed by atoms with van der Waals surface area (Å²) in [6.07, 6.45) is 1.98. The minimum atomic E-state index is -0.848. The molecule has 1 aromatic rings.